The highest BCUT2D eigenvalue weighted by atomic mass is 19.1. The maximum Gasteiger partial charge on any atom is 0.130 e. The summed E-state index contributed by atoms with van der Waals surface area (Å²) in [6.45, 7) is 2.22. The molecule has 2 N–H and O–H groups in total. The minimum absolute atomic E-state index is 0.263. The van der Waals surface area contributed by atoms with Gasteiger partial charge in [0.15, 0.2) is 0 Å². The molecule has 3 heteroatoms. The second kappa shape index (κ2) is 4.97. The van der Waals surface area contributed by atoms with E-state index in [1.165, 1.54) is 6.07 Å². The van der Waals surface area contributed by atoms with Gasteiger partial charge in [0, 0.05) is 12.6 Å². The summed E-state index contributed by atoms with van der Waals surface area (Å²) in [6.07, 6.45) is 0. The van der Waals surface area contributed by atoms with Crippen molar-refractivity contribution in [1.29, 1.82) is 0 Å². The predicted octanol–water partition coefficient (Wildman–Crippen LogP) is 3.39. The van der Waals surface area contributed by atoms with Gasteiger partial charge in [-0.05, 0) is 36.2 Å². The average molecular weight is 231 g/mol. The summed E-state index contributed by atoms with van der Waals surface area (Å²) in [4.78, 5) is 0. The Bertz CT molecular complexity index is 508. The Kier molecular flexibility index (Phi) is 3.40. The molecule has 0 amide bonds. The van der Waals surface area contributed by atoms with Crippen LogP contribution < -0.4 is 10.5 Å². The monoisotopic (exact) mass is 231 g/mol. The maximum absolute atomic E-state index is 13.3. The van der Waals surface area contributed by atoms with Crippen molar-refractivity contribution in [2.45, 2.75) is 13.5 Å². The van der Waals surface area contributed by atoms with Gasteiger partial charge in [0.1, 0.15) is 17.3 Å². The molecule has 2 aromatic carbocycles. The molecule has 0 atom stereocenters. The fraction of sp³-hybridized carbons (Fsp3) is 0.143. The lowest BCUT2D eigenvalue weighted by molar-refractivity contribution is 0.476. The first-order valence-electron chi connectivity index (χ1n) is 5.42. The Labute approximate surface area is 99.8 Å². The summed E-state index contributed by atoms with van der Waals surface area (Å²) < 4.78 is 18.8. The summed E-state index contributed by atoms with van der Waals surface area (Å²) >= 11 is 0. The van der Waals surface area contributed by atoms with Crippen molar-refractivity contribution in [2.75, 3.05) is 0 Å². The van der Waals surface area contributed by atoms with E-state index in [1.54, 1.807) is 19.1 Å². The summed E-state index contributed by atoms with van der Waals surface area (Å²) in [5.41, 5.74) is 7.14. The van der Waals surface area contributed by atoms with Crippen molar-refractivity contribution in [3.05, 3.63) is 59.4 Å². The smallest absolute Gasteiger partial charge is 0.130 e. The number of rotatable bonds is 3. The molecule has 0 aliphatic heterocycles. The Balaban J connectivity index is 2.16. The van der Waals surface area contributed by atoms with Gasteiger partial charge in [-0.2, -0.15) is 0 Å². The molecule has 2 rings (SSSR count). The second-order valence-corrected chi connectivity index (χ2v) is 3.86. The van der Waals surface area contributed by atoms with Gasteiger partial charge in [0.25, 0.3) is 0 Å². The van der Waals surface area contributed by atoms with E-state index in [0.717, 1.165) is 5.56 Å². The molecule has 88 valence electrons. The molecule has 0 aromatic heterocycles. The number of hydrogen-bond acceptors (Lipinski definition) is 2. The van der Waals surface area contributed by atoms with Crippen LogP contribution in [-0.2, 0) is 6.54 Å². The van der Waals surface area contributed by atoms with Crippen molar-refractivity contribution in [1.82, 2.24) is 0 Å². The van der Waals surface area contributed by atoms with Crippen LogP contribution in [0.25, 0.3) is 0 Å². The Morgan fingerprint density at radius 2 is 1.71 bits per heavy atom. The Hall–Kier alpha value is -1.87. The normalized spacial score (nSPS) is 10.3. The lowest BCUT2D eigenvalue weighted by Crippen LogP contribution is -1.95. The topological polar surface area (TPSA) is 35.2 Å². The van der Waals surface area contributed by atoms with E-state index in [0.29, 0.717) is 23.6 Å². The van der Waals surface area contributed by atoms with Crippen molar-refractivity contribution in [3.63, 3.8) is 0 Å². The van der Waals surface area contributed by atoms with Crippen LogP contribution in [0.3, 0.4) is 0 Å². The molecular weight excluding hydrogens is 217 g/mol. The third kappa shape index (κ3) is 2.82. The lowest BCUT2D eigenvalue weighted by atomic mass is 10.2. The third-order valence-electron chi connectivity index (χ3n) is 2.54. The van der Waals surface area contributed by atoms with Gasteiger partial charge in [-0.1, -0.05) is 18.2 Å². The quantitative estimate of drug-likeness (QED) is 0.878. The third-order valence-corrected chi connectivity index (χ3v) is 2.54. The van der Waals surface area contributed by atoms with E-state index in [9.17, 15) is 4.39 Å². The van der Waals surface area contributed by atoms with E-state index in [4.69, 9.17) is 10.5 Å². The van der Waals surface area contributed by atoms with Gasteiger partial charge in [-0.25, -0.2) is 4.39 Å². The summed E-state index contributed by atoms with van der Waals surface area (Å²) in [5.74, 6) is 0.903. The van der Waals surface area contributed by atoms with Crippen LogP contribution in [-0.4, -0.2) is 0 Å². The number of ether oxygens (including phenoxy) is 1. The molecule has 0 unspecified atom stereocenters. The Morgan fingerprint density at radius 1 is 1.06 bits per heavy atom. The van der Waals surface area contributed by atoms with E-state index in [2.05, 4.69) is 0 Å². The van der Waals surface area contributed by atoms with Gasteiger partial charge in [-0.3, -0.25) is 0 Å². The number of benzene rings is 2. The summed E-state index contributed by atoms with van der Waals surface area (Å²) in [5, 5.41) is 0. The zero-order valence-corrected chi connectivity index (χ0v) is 9.61. The van der Waals surface area contributed by atoms with Gasteiger partial charge in [-0.15, -0.1) is 0 Å². The zero-order valence-electron chi connectivity index (χ0n) is 9.61. The fourth-order valence-electron chi connectivity index (χ4n) is 1.47. The molecule has 0 heterocycles. The van der Waals surface area contributed by atoms with Crippen LogP contribution >= 0.6 is 0 Å². The van der Waals surface area contributed by atoms with Gasteiger partial charge >= 0.3 is 0 Å². The first-order chi connectivity index (χ1) is 8.19. The molecule has 0 radical (unpaired) electrons. The van der Waals surface area contributed by atoms with E-state index in [1.807, 2.05) is 24.3 Å². The van der Waals surface area contributed by atoms with Crippen molar-refractivity contribution in [3.8, 4) is 11.5 Å². The molecule has 0 bridgehead atoms. The first kappa shape index (κ1) is 11.6. The zero-order chi connectivity index (χ0) is 12.3. The van der Waals surface area contributed by atoms with Gasteiger partial charge in [0.05, 0.1) is 0 Å². The standard InChI is InChI=1S/C14H14FNO/c1-10-2-5-13(8-14(10)15)17-12-6-3-11(9-16)4-7-12/h2-8H,9,16H2,1H3. The molecule has 2 aromatic rings. The van der Waals surface area contributed by atoms with Crippen LogP contribution in [0, 0.1) is 12.7 Å². The molecule has 0 aliphatic carbocycles. The molecule has 17 heavy (non-hydrogen) atoms. The van der Waals surface area contributed by atoms with Crippen molar-refractivity contribution < 1.29 is 9.13 Å². The molecule has 0 saturated carbocycles. The van der Waals surface area contributed by atoms with Crippen molar-refractivity contribution in [2.24, 2.45) is 5.73 Å². The highest BCUT2D eigenvalue weighted by Crippen LogP contribution is 2.23. The van der Waals surface area contributed by atoms with Gasteiger partial charge in [0.2, 0.25) is 0 Å². The van der Waals surface area contributed by atoms with Crippen LogP contribution in [0.5, 0.6) is 11.5 Å². The van der Waals surface area contributed by atoms with Crippen LogP contribution in [0.4, 0.5) is 4.39 Å². The molecule has 0 fully saturated rings. The molecule has 0 aliphatic rings. The van der Waals surface area contributed by atoms with E-state index in [-0.39, 0.29) is 5.82 Å². The fourth-order valence-corrected chi connectivity index (χ4v) is 1.47. The van der Waals surface area contributed by atoms with Gasteiger partial charge < -0.3 is 10.5 Å². The highest BCUT2D eigenvalue weighted by molar-refractivity contribution is 5.34. The summed E-state index contributed by atoms with van der Waals surface area (Å²) in [6, 6.07) is 12.2. The van der Waals surface area contributed by atoms with Crippen LogP contribution in [0.2, 0.25) is 0 Å². The van der Waals surface area contributed by atoms with Crippen molar-refractivity contribution >= 4 is 0 Å². The first-order valence-corrected chi connectivity index (χ1v) is 5.42. The number of aryl methyl sites for hydroxylation is 1. The molecule has 0 saturated heterocycles. The minimum Gasteiger partial charge on any atom is -0.457 e. The lowest BCUT2D eigenvalue weighted by Gasteiger charge is -2.07. The highest BCUT2D eigenvalue weighted by Gasteiger charge is 2.01. The average Bonchev–Trinajstić information content (AvgIpc) is 2.35. The minimum atomic E-state index is -0.263. The Morgan fingerprint density at radius 3 is 2.29 bits per heavy atom. The number of hydrogen-bond donors (Lipinski definition) is 1. The SMILES string of the molecule is Cc1ccc(Oc2ccc(CN)cc2)cc1F. The maximum atomic E-state index is 13.3. The summed E-state index contributed by atoms with van der Waals surface area (Å²) in [7, 11) is 0. The number of nitrogens with two attached hydrogens (primary N) is 1. The number of halogens is 1. The van der Waals surface area contributed by atoms with Crippen LogP contribution in [0.1, 0.15) is 11.1 Å². The second-order valence-electron chi connectivity index (χ2n) is 3.86. The largest absolute Gasteiger partial charge is 0.457 e. The van der Waals surface area contributed by atoms with Crippen LogP contribution in [0.15, 0.2) is 42.5 Å². The van der Waals surface area contributed by atoms with E-state index >= 15 is 0 Å². The molecule has 0 spiro atoms. The molecule has 2 nitrogen and oxygen atoms in total. The van der Waals surface area contributed by atoms with E-state index < -0.39 is 0 Å². The predicted molar refractivity (Wildman–Crippen MR) is 65.5 cm³/mol. The molecular formula is C14H14FNO.